The second kappa shape index (κ2) is 10.6. The van der Waals surface area contributed by atoms with Crippen LogP contribution < -0.4 is 15.4 Å². The average Bonchev–Trinajstić information content (AvgIpc) is 2.49. The quantitative estimate of drug-likeness (QED) is 0.718. The van der Waals surface area contributed by atoms with Gasteiger partial charge in [-0.25, -0.2) is 4.79 Å². The van der Waals surface area contributed by atoms with Crippen LogP contribution in [0.15, 0.2) is 18.2 Å². The van der Waals surface area contributed by atoms with Crippen molar-refractivity contribution >= 4 is 12.0 Å². The Morgan fingerprint density at radius 1 is 1.12 bits per heavy atom. The number of amides is 2. The lowest BCUT2D eigenvalue weighted by molar-refractivity contribution is -0.123. The van der Waals surface area contributed by atoms with Crippen LogP contribution >= 0.6 is 0 Å². The van der Waals surface area contributed by atoms with Crippen LogP contribution in [-0.4, -0.2) is 37.8 Å². The second-order valence-electron chi connectivity index (χ2n) is 6.61. The number of alkyl carbamates (subject to hydrolysis) is 1. The number of carbonyl (C=O) groups excluding carboxylic acids is 2. The van der Waals surface area contributed by atoms with Gasteiger partial charge in [0.15, 0.2) is 6.61 Å². The Bertz CT molecular complexity index is 552. The standard InChI is InChI=1S/C19H30N2O4/c1-6-24-19(23)21-16(7-13(2)3)11-20-18(22)12-25-17-9-14(4)8-15(5)10-17/h8-10,13,16H,6-7,11-12H2,1-5H3,(H,20,22)(H,21,23). The molecule has 6 heteroatoms. The normalized spacial score (nSPS) is 11.8. The summed E-state index contributed by atoms with van der Waals surface area (Å²) in [6.45, 7) is 10.4. The zero-order chi connectivity index (χ0) is 18.8. The Hall–Kier alpha value is -2.24. The topological polar surface area (TPSA) is 76.7 Å². The highest BCUT2D eigenvalue weighted by Gasteiger charge is 2.16. The van der Waals surface area contributed by atoms with Gasteiger partial charge < -0.3 is 20.1 Å². The maximum absolute atomic E-state index is 12.0. The fourth-order valence-corrected chi connectivity index (χ4v) is 2.55. The van der Waals surface area contributed by atoms with Crippen molar-refractivity contribution in [1.82, 2.24) is 10.6 Å². The van der Waals surface area contributed by atoms with Crippen molar-refractivity contribution in [2.24, 2.45) is 5.92 Å². The lowest BCUT2D eigenvalue weighted by Gasteiger charge is -2.20. The molecule has 2 N–H and O–H groups in total. The Morgan fingerprint density at radius 3 is 2.32 bits per heavy atom. The molecule has 6 nitrogen and oxygen atoms in total. The molecule has 25 heavy (non-hydrogen) atoms. The van der Waals surface area contributed by atoms with Gasteiger partial charge in [-0.1, -0.05) is 19.9 Å². The average molecular weight is 350 g/mol. The molecule has 1 aromatic carbocycles. The number of aryl methyl sites for hydroxylation is 2. The third-order valence-corrected chi connectivity index (χ3v) is 3.46. The summed E-state index contributed by atoms with van der Waals surface area (Å²) in [5.74, 6) is 0.838. The van der Waals surface area contributed by atoms with Gasteiger partial charge in [0.1, 0.15) is 5.75 Å². The maximum atomic E-state index is 12.0. The molecule has 0 fully saturated rings. The first-order chi connectivity index (χ1) is 11.8. The lowest BCUT2D eigenvalue weighted by atomic mass is 10.0. The smallest absolute Gasteiger partial charge is 0.407 e. The molecule has 0 saturated heterocycles. The zero-order valence-electron chi connectivity index (χ0n) is 15.8. The van der Waals surface area contributed by atoms with E-state index in [1.54, 1.807) is 6.92 Å². The molecule has 0 aliphatic carbocycles. The van der Waals surface area contributed by atoms with Gasteiger partial charge in [0.05, 0.1) is 6.61 Å². The summed E-state index contributed by atoms with van der Waals surface area (Å²) in [7, 11) is 0. The minimum atomic E-state index is -0.464. The van der Waals surface area contributed by atoms with Gasteiger partial charge in [-0.2, -0.15) is 0 Å². The van der Waals surface area contributed by atoms with E-state index in [9.17, 15) is 9.59 Å². The van der Waals surface area contributed by atoms with Gasteiger partial charge in [-0.05, 0) is 56.4 Å². The van der Waals surface area contributed by atoms with Crippen molar-refractivity contribution in [2.45, 2.75) is 47.1 Å². The number of ether oxygens (including phenoxy) is 2. The van der Waals surface area contributed by atoms with E-state index in [1.165, 1.54) is 0 Å². The number of hydrogen-bond acceptors (Lipinski definition) is 4. The molecule has 1 unspecified atom stereocenters. The molecule has 0 spiro atoms. The fraction of sp³-hybridized carbons (Fsp3) is 0.579. The van der Waals surface area contributed by atoms with Crippen LogP contribution in [0.1, 0.15) is 38.3 Å². The molecule has 0 aliphatic heterocycles. The fourth-order valence-electron chi connectivity index (χ4n) is 2.55. The van der Waals surface area contributed by atoms with E-state index in [2.05, 4.69) is 24.5 Å². The Labute approximate surface area is 150 Å². The summed E-state index contributed by atoms with van der Waals surface area (Å²) in [4.78, 5) is 23.6. The van der Waals surface area contributed by atoms with E-state index in [1.807, 2.05) is 32.0 Å². The van der Waals surface area contributed by atoms with Crippen LogP contribution in [-0.2, 0) is 9.53 Å². The van der Waals surface area contributed by atoms with Crippen LogP contribution in [0.2, 0.25) is 0 Å². The summed E-state index contributed by atoms with van der Waals surface area (Å²) < 4.78 is 10.4. The molecule has 1 atom stereocenters. The predicted octanol–water partition coefficient (Wildman–Crippen LogP) is 2.96. The minimum Gasteiger partial charge on any atom is -0.484 e. The molecule has 140 valence electrons. The third-order valence-electron chi connectivity index (χ3n) is 3.46. The molecule has 0 aromatic heterocycles. The van der Waals surface area contributed by atoms with E-state index < -0.39 is 6.09 Å². The highest BCUT2D eigenvalue weighted by Crippen LogP contribution is 2.15. The van der Waals surface area contributed by atoms with Crippen LogP contribution in [0.25, 0.3) is 0 Å². The third kappa shape index (κ3) is 8.98. The Morgan fingerprint density at radius 2 is 1.76 bits per heavy atom. The highest BCUT2D eigenvalue weighted by atomic mass is 16.5. The molecule has 0 aliphatic rings. The van der Waals surface area contributed by atoms with Gasteiger partial charge in [0.25, 0.3) is 5.91 Å². The summed E-state index contributed by atoms with van der Waals surface area (Å²) >= 11 is 0. The van der Waals surface area contributed by atoms with Gasteiger partial charge >= 0.3 is 6.09 Å². The Balaban J connectivity index is 2.45. The molecular weight excluding hydrogens is 320 g/mol. The molecule has 1 aromatic rings. The van der Waals surface area contributed by atoms with Gasteiger partial charge in [0, 0.05) is 12.6 Å². The van der Waals surface area contributed by atoms with E-state index in [-0.39, 0.29) is 18.6 Å². The summed E-state index contributed by atoms with van der Waals surface area (Å²) in [5.41, 5.74) is 2.18. The van der Waals surface area contributed by atoms with Crippen molar-refractivity contribution in [2.75, 3.05) is 19.8 Å². The van der Waals surface area contributed by atoms with Crippen LogP contribution in [0.4, 0.5) is 4.79 Å². The number of nitrogens with one attached hydrogen (secondary N) is 2. The molecule has 0 saturated carbocycles. The van der Waals surface area contributed by atoms with Crippen molar-refractivity contribution in [3.05, 3.63) is 29.3 Å². The lowest BCUT2D eigenvalue weighted by Crippen LogP contribution is -2.45. The number of carbonyl (C=O) groups is 2. The van der Waals surface area contributed by atoms with E-state index in [0.717, 1.165) is 17.5 Å². The van der Waals surface area contributed by atoms with E-state index in [0.29, 0.717) is 24.8 Å². The Kier molecular flexibility index (Phi) is 8.81. The molecule has 0 radical (unpaired) electrons. The zero-order valence-corrected chi connectivity index (χ0v) is 15.8. The predicted molar refractivity (Wildman–Crippen MR) is 97.8 cm³/mol. The first kappa shape index (κ1) is 20.8. The monoisotopic (exact) mass is 350 g/mol. The second-order valence-corrected chi connectivity index (χ2v) is 6.61. The summed E-state index contributed by atoms with van der Waals surface area (Å²) in [5, 5.41) is 5.58. The van der Waals surface area contributed by atoms with Crippen molar-refractivity contribution in [3.8, 4) is 5.75 Å². The van der Waals surface area contributed by atoms with Crippen molar-refractivity contribution in [1.29, 1.82) is 0 Å². The van der Waals surface area contributed by atoms with Crippen molar-refractivity contribution < 1.29 is 19.1 Å². The number of hydrogen-bond donors (Lipinski definition) is 2. The van der Waals surface area contributed by atoms with E-state index in [4.69, 9.17) is 9.47 Å². The van der Waals surface area contributed by atoms with Gasteiger partial charge in [0.2, 0.25) is 0 Å². The van der Waals surface area contributed by atoms with E-state index >= 15 is 0 Å². The summed E-state index contributed by atoms with van der Waals surface area (Å²) in [6, 6.07) is 5.66. The van der Waals surface area contributed by atoms with Crippen molar-refractivity contribution in [3.63, 3.8) is 0 Å². The van der Waals surface area contributed by atoms with Crippen LogP contribution in [0, 0.1) is 19.8 Å². The number of rotatable bonds is 9. The largest absolute Gasteiger partial charge is 0.484 e. The van der Waals surface area contributed by atoms with Gasteiger partial charge in [-0.3, -0.25) is 4.79 Å². The molecule has 1 rings (SSSR count). The SMILES string of the molecule is CCOC(=O)NC(CNC(=O)COc1cc(C)cc(C)c1)CC(C)C. The molecule has 2 amide bonds. The van der Waals surface area contributed by atoms with Crippen LogP contribution in [0.3, 0.4) is 0 Å². The number of benzene rings is 1. The minimum absolute atomic E-state index is 0.0588. The highest BCUT2D eigenvalue weighted by molar-refractivity contribution is 5.77. The van der Waals surface area contributed by atoms with Gasteiger partial charge in [-0.15, -0.1) is 0 Å². The first-order valence-electron chi connectivity index (χ1n) is 8.71. The molecule has 0 bridgehead atoms. The summed E-state index contributed by atoms with van der Waals surface area (Å²) in [6.07, 6.45) is 0.283. The maximum Gasteiger partial charge on any atom is 0.407 e. The van der Waals surface area contributed by atoms with Crippen LogP contribution in [0.5, 0.6) is 5.75 Å². The molecular formula is C19H30N2O4. The first-order valence-corrected chi connectivity index (χ1v) is 8.71. The molecule has 0 heterocycles.